The second-order valence-corrected chi connectivity index (χ2v) is 8.02. The van der Waals surface area contributed by atoms with Crippen LogP contribution in [0.15, 0.2) is 54.9 Å². The monoisotopic (exact) mass is 389 g/mol. The average molecular weight is 390 g/mol. The van der Waals surface area contributed by atoms with Gasteiger partial charge in [-0.05, 0) is 60.7 Å². The number of aromatic amines is 1. The standard InChI is InChI=1S/C23H27N5O/c29-11-10-28-9-7-18-4-3-17(12-23(18)28)15-27-8-1-2-21(16-27)25-20-5-6-22-19(13-20)14-24-26-22/h3-7,9,12-14,21,25,29H,1-2,8,10-11,15-16H2,(H,24,26)/t21-/m1/s1. The molecule has 2 aromatic heterocycles. The summed E-state index contributed by atoms with van der Waals surface area (Å²) in [5.41, 5.74) is 4.77. The van der Waals surface area contributed by atoms with Gasteiger partial charge in [-0.2, -0.15) is 5.10 Å². The average Bonchev–Trinajstić information content (AvgIpc) is 3.35. The van der Waals surface area contributed by atoms with E-state index in [-0.39, 0.29) is 6.61 Å². The van der Waals surface area contributed by atoms with Gasteiger partial charge in [-0.25, -0.2) is 0 Å². The van der Waals surface area contributed by atoms with Crippen molar-refractivity contribution in [1.29, 1.82) is 0 Å². The Morgan fingerprint density at radius 2 is 2.10 bits per heavy atom. The summed E-state index contributed by atoms with van der Waals surface area (Å²) in [5, 5.41) is 22.5. The number of hydrogen-bond acceptors (Lipinski definition) is 4. The highest BCUT2D eigenvalue weighted by Crippen LogP contribution is 2.23. The summed E-state index contributed by atoms with van der Waals surface area (Å²) in [6.45, 7) is 3.94. The van der Waals surface area contributed by atoms with Crippen LogP contribution in [0.5, 0.6) is 0 Å². The lowest BCUT2D eigenvalue weighted by atomic mass is 10.0. The van der Waals surface area contributed by atoms with Gasteiger partial charge in [0.05, 0.1) is 18.3 Å². The van der Waals surface area contributed by atoms with Crippen LogP contribution in [0, 0.1) is 0 Å². The van der Waals surface area contributed by atoms with Crippen molar-refractivity contribution in [3.05, 3.63) is 60.4 Å². The minimum absolute atomic E-state index is 0.165. The second-order valence-electron chi connectivity index (χ2n) is 8.02. The van der Waals surface area contributed by atoms with Gasteiger partial charge in [-0.15, -0.1) is 0 Å². The molecule has 0 saturated carbocycles. The third kappa shape index (κ3) is 3.86. The molecule has 0 bridgehead atoms. The highest BCUT2D eigenvalue weighted by Gasteiger charge is 2.20. The first-order valence-electron chi connectivity index (χ1n) is 10.4. The van der Waals surface area contributed by atoms with Gasteiger partial charge in [0.15, 0.2) is 0 Å². The second kappa shape index (κ2) is 7.89. The highest BCUT2D eigenvalue weighted by molar-refractivity contribution is 5.82. The Morgan fingerprint density at radius 1 is 1.14 bits per heavy atom. The van der Waals surface area contributed by atoms with E-state index in [1.165, 1.54) is 29.3 Å². The number of rotatable bonds is 6. The number of aliphatic hydroxyl groups is 1. The van der Waals surface area contributed by atoms with Crippen molar-refractivity contribution in [1.82, 2.24) is 19.7 Å². The number of anilines is 1. The number of nitrogens with zero attached hydrogens (tertiary/aromatic N) is 3. The van der Waals surface area contributed by atoms with Gasteiger partial charge in [0, 0.05) is 48.5 Å². The van der Waals surface area contributed by atoms with Crippen molar-refractivity contribution in [3.8, 4) is 0 Å². The van der Waals surface area contributed by atoms with Crippen molar-refractivity contribution in [3.63, 3.8) is 0 Å². The number of nitrogens with one attached hydrogen (secondary N) is 2. The molecule has 1 aliphatic rings. The zero-order chi connectivity index (χ0) is 19.6. The van der Waals surface area contributed by atoms with Crippen LogP contribution >= 0.6 is 0 Å². The molecule has 3 heterocycles. The van der Waals surface area contributed by atoms with Gasteiger partial charge < -0.3 is 15.0 Å². The smallest absolute Gasteiger partial charge is 0.0651 e. The molecule has 6 heteroatoms. The fourth-order valence-electron chi connectivity index (χ4n) is 4.47. The van der Waals surface area contributed by atoms with Crippen molar-refractivity contribution in [2.75, 3.05) is 25.0 Å². The van der Waals surface area contributed by atoms with Crippen LogP contribution in [-0.2, 0) is 13.1 Å². The zero-order valence-corrected chi connectivity index (χ0v) is 16.5. The maximum Gasteiger partial charge on any atom is 0.0651 e. The van der Waals surface area contributed by atoms with E-state index in [1.807, 2.05) is 6.20 Å². The highest BCUT2D eigenvalue weighted by atomic mass is 16.3. The molecule has 1 fully saturated rings. The minimum Gasteiger partial charge on any atom is -0.395 e. The third-order valence-corrected chi connectivity index (χ3v) is 5.90. The largest absolute Gasteiger partial charge is 0.395 e. The summed E-state index contributed by atoms with van der Waals surface area (Å²) < 4.78 is 2.13. The quantitative estimate of drug-likeness (QED) is 0.471. The van der Waals surface area contributed by atoms with E-state index in [4.69, 9.17) is 0 Å². The van der Waals surface area contributed by atoms with E-state index >= 15 is 0 Å². The van der Waals surface area contributed by atoms with Crippen LogP contribution in [0.2, 0.25) is 0 Å². The van der Waals surface area contributed by atoms with Crippen molar-refractivity contribution in [2.45, 2.75) is 32.0 Å². The maximum atomic E-state index is 9.28. The number of likely N-dealkylation sites (tertiary alicyclic amines) is 1. The summed E-state index contributed by atoms with van der Waals surface area (Å²) in [4.78, 5) is 2.54. The van der Waals surface area contributed by atoms with Crippen molar-refractivity contribution >= 4 is 27.5 Å². The maximum absolute atomic E-state index is 9.28. The van der Waals surface area contributed by atoms with Crippen LogP contribution < -0.4 is 5.32 Å². The molecule has 1 atom stereocenters. The molecule has 1 saturated heterocycles. The lowest BCUT2D eigenvalue weighted by Crippen LogP contribution is -2.41. The molecule has 6 nitrogen and oxygen atoms in total. The molecule has 0 amide bonds. The molecule has 0 unspecified atom stereocenters. The van der Waals surface area contributed by atoms with Gasteiger partial charge in [-0.1, -0.05) is 12.1 Å². The summed E-state index contributed by atoms with van der Waals surface area (Å²) >= 11 is 0. The topological polar surface area (TPSA) is 69.1 Å². The number of benzene rings is 2. The Kier molecular flexibility index (Phi) is 4.96. The van der Waals surface area contributed by atoms with Crippen LogP contribution in [0.4, 0.5) is 5.69 Å². The van der Waals surface area contributed by atoms with Crippen LogP contribution in [0.1, 0.15) is 18.4 Å². The fourth-order valence-corrected chi connectivity index (χ4v) is 4.47. The van der Waals surface area contributed by atoms with Gasteiger partial charge in [-0.3, -0.25) is 10.00 Å². The molecular formula is C23H27N5O. The molecular weight excluding hydrogens is 362 g/mol. The minimum atomic E-state index is 0.165. The number of piperidine rings is 1. The molecule has 150 valence electrons. The Bertz CT molecular complexity index is 1110. The van der Waals surface area contributed by atoms with E-state index in [0.29, 0.717) is 12.6 Å². The Hall–Kier alpha value is -2.83. The van der Waals surface area contributed by atoms with Gasteiger partial charge in [0.2, 0.25) is 0 Å². The van der Waals surface area contributed by atoms with Gasteiger partial charge in [0.1, 0.15) is 0 Å². The fraction of sp³-hybridized carbons (Fsp3) is 0.348. The van der Waals surface area contributed by atoms with Crippen LogP contribution in [-0.4, -0.2) is 50.5 Å². The molecule has 5 rings (SSSR count). The van der Waals surface area contributed by atoms with E-state index in [0.717, 1.165) is 36.2 Å². The van der Waals surface area contributed by atoms with E-state index < -0.39 is 0 Å². The first-order valence-corrected chi connectivity index (χ1v) is 10.4. The summed E-state index contributed by atoms with van der Waals surface area (Å²) in [6.07, 6.45) is 6.33. The number of hydrogen-bond donors (Lipinski definition) is 3. The number of aromatic nitrogens is 3. The van der Waals surface area contributed by atoms with Crippen LogP contribution in [0.25, 0.3) is 21.8 Å². The molecule has 4 aromatic rings. The van der Waals surface area contributed by atoms with E-state index in [2.05, 4.69) is 73.6 Å². The SMILES string of the molecule is OCCn1ccc2ccc(CN3CCC[C@@H](Nc4ccc5[nH]ncc5c4)C3)cc21. The predicted octanol–water partition coefficient (Wildman–Crippen LogP) is 3.59. The molecule has 3 N–H and O–H groups in total. The van der Waals surface area contributed by atoms with Crippen molar-refractivity contribution in [2.24, 2.45) is 0 Å². The normalized spacial score (nSPS) is 17.9. The lowest BCUT2D eigenvalue weighted by molar-refractivity contribution is 0.208. The molecule has 29 heavy (non-hydrogen) atoms. The number of H-pyrrole nitrogens is 1. The Labute approximate surface area is 170 Å². The van der Waals surface area contributed by atoms with Crippen molar-refractivity contribution < 1.29 is 5.11 Å². The third-order valence-electron chi connectivity index (χ3n) is 5.90. The van der Waals surface area contributed by atoms with E-state index in [9.17, 15) is 5.11 Å². The molecule has 1 aliphatic heterocycles. The summed E-state index contributed by atoms with van der Waals surface area (Å²) in [7, 11) is 0. The van der Waals surface area contributed by atoms with Crippen LogP contribution in [0.3, 0.4) is 0 Å². The Morgan fingerprint density at radius 3 is 3.03 bits per heavy atom. The molecule has 2 aromatic carbocycles. The first-order chi connectivity index (χ1) is 14.3. The first kappa shape index (κ1) is 18.2. The molecule has 0 aliphatic carbocycles. The van der Waals surface area contributed by atoms with Gasteiger partial charge in [0.25, 0.3) is 0 Å². The molecule has 0 radical (unpaired) electrons. The summed E-state index contributed by atoms with van der Waals surface area (Å²) in [5.74, 6) is 0. The molecule has 0 spiro atoms. The van der Waals surface area contributed by atoms with E-state index in [1.54, 1.807) is 0 Å². The zero-order valence-electron chi connectivity index (χ0n) is 16.5. The predicted molar refractivity (Wildman–Crippen MR) is 117 cm³/mol. The number of aliphatic hydroxyl groups excluding tert-OH is 1. The number of fused-ring (bicyclic) bond motifs is 2. The Balaban J connectivity index is 1.26. The summed E-state index contributed by atoms with van der Waals surface area (Å²) in [6, 6.07) is 15.6. The lowest BCUT2D eigenvalue weighted by Gasteiger charge is -2.33. The van der Waals surface area contributed by atoms with Gasteiger partial charge >= 0.3 is 0 Å².